The van der Waals surface area contributed by atoms with Crippen LogP contribution in [0, 0.1) is 0 Å². The second-order valence-corrected chi connectivity index (χ2v) is 10.1. The zero-order valence-electron chi connectivity index (χ0n) is 18.6. The van der Waals surface area contributed by atoms with Crippen LogP contribution >= 0.6 is 23.1 Å². The van der Waals surface area contributed by atoms with Gasteiger partial charge in [0.25, 0.3) is 11.8 Å². The number of allylic oxidation sites excluding steroid dienone is 1. The second-order valence-electron chi connectivity index (χ2n) is 8.12. The minimum Gasteiger partial charge on any atom is -0.457 e. The fraction of sp³-hybridized carbons (Fsp3) is 0.400. The lowest BCUT2D eigenvalue weighted by molar-refractivity contribution is -0.166. The van der Waals surface area contributed by atoms with Crippen molar-refractivity contribution in [3.63, 3.8) is 0 Å². The van der Waals surface area contributed by atoms with E-state index in [4.69, 9.17) is 15.2 Å². The summed E-state index contributed by atoms with van der Waals surface area (Å²) in [6.45, 7) is 8.07. The number of ether oxygens (including phenoxy) is 2. The van der Waals surface area contributed by atoms with E-state index in [2.05, 4.69) is 22.0 Å². The number of rotatable bonds is 7. The van der Waals surface area contributed by atoms with Gasteiger partial charge in [0.15, 0.2) is 17.5 Å². The number of β-lactam (4-membered cyclic amide) rings is 1. The molecule has 1 unspecified atom stereocenters. The Bertz CT molecular complexity index is 1110. The molecule has 0 aromatic carbocycles. The van der Waals surface area contributed by atoms with Crippen LogP contribution in [0.5, 0.6) is 0 Å². The summed E-state index contributed by atoms with van der Waals surface area (Å²) in [5, 5.41) is 15.7. The first-order valence-electron chi connectivity index (χ1n) is 9.90. The third kappa shape index (κ3) is 5.22. The number of nitrogen functional groups attached to an aromatic ring is 1. The zero-order valence-corrected chi connectivity index (χ0v) is 20.2. The third-order valence-corrected chi connectivity index (χ3v) is 6.52. The number of anilines is 1. The van der Waals surface area contributed by atoms with Crippen LogP contribution < -0.4 is 11.1 Å². The monoisotopic (exact) mass is 509 g/mol. The quantitative estimate of drug-likeness (QED) is 0.155. The smallest absolute Gasteiger partial charge is 0.355 e. The maximum Gasteiger partial charge on any atom is 0.355 e. The van der Waals surface area contributed by atoms with E-state index < -0.39 is 53.1 Å². The number of thiazole rings is 1. The van der Waals surface area contributed by atoms with Gasteiger partial charge in [-0.05, 0) is 26.3 Å². The molecule has 0 radical (unpaired) electrons. The maximum atomic E-state index is 12.9. The van der Waals surface area contributed by atoms with Gasteiger partial charge in [0.05, 0.1) is 0 Å². The number of nitrogens with two attached hydrogens (primary N) is 1. The third-order valence-electron chi connectivity index (χ3n) is 4.54. The number of hydrogen-bond donors (Lipinski definition) is 3. The van der Waals surface area contributed by atoms with Crippen molar-refractivity contribution in [1.29, 1.82) is 0 Å². The average Bonchev–Trinajstić information content (AvgIpc) is 3.19. The minimum absolute atomic E-state index is 0.0545. The van der Waals surface area contributed by atoms with Crippen molar-refractivity contribution in [3.8, 4) is 0 Å². The Morgan fingerprint density at radius 3 is 2.71 bits per heavy atom. The van der Waals surface area contributed by atoms with E-state index in [1.807, 2.05) is 0 Å². The van der Waals surface area contributed by atoms with Gasteiger partial charge in [-0.1, -0.05) is 17.8 Å². The Balaban J connectivity index is 1.70. The molecular formula is C20H23N5O7S2. The number of fused-ring (bicyclic) bond motifs is 1. The van der Waals surface area contributed by atoms with Gasteiger partial charge in [0.2, 0.25) is 0 Å². The molecule has 1 fully saturated rings. The molecule has 3 rings (SSSR count). The number of carbonyl (C=O) groups is 4. The number of hydrogen-bond acceptors (Lipinski definition) is 12. The number of oxime groups is 1. The highest BCUT2D eigenvalue weighted by molar-refractivity contribution is 8.00. The summed E-state index contributed by atoms with van der Waals surface area (Å²) in [6, 6.07) is -0.995. The van der Waals surface area contributed by atoms with Gasteiger partial charge >= 0.3 is 11.9 Å². The lowest BCUT2D eigenvalue weighted by Gasteiger charge is -2.49. The summed E-state index contributed by atoms with van der Waals surface area (Å²) in [5.74, 6) is -2.73. The van der Waals surface area contributed by atoms with Crippen LogP contribution in [-0.2, 0) is 28.7 Å². The molecule has 12 nitrogen and oxygen atoms in total. The Labute approximate surface area is 202 Å². The zero-order chi connectivity index (χ0) is 25.2. The fourth-order valence-corrected chi connectivity index (χ4v) is 5.06. The molecule has 2 amide bonds. The van der Waals surface area contributed by atoms with Gasteiger partial charge in [-0.25, -0.2) is 14.6 Å². The van der Waals surface area contributed by atoms with Gasteiger partial charge in [-0.2, -0.15) is 0 Å². The molecular weight excluding hydrogens is 486 g/mol. The maximum absolute atomic E-state index is 12.9. The normalized spacial score (nSPS) is 20.3. The summed E-state index contributed by atoms with van der Waals surface area (Å²) in [7, 11) is 0. The molecule has 3 heterocycles. The van der Waals surface area contributed by atoms with Crippen molar-refractivity contribution in [2.24, 2.45) is 5.16 Å². The molecule has 0 aliphatic carbocycles. The van der Waals surface area contributed by atoms with E-state index in [1.54, 1.807) is 20.8 Å². The van der Waals surface area contributed by atoms with Gasteiger partial charge in [0.1, 0.15) is 28.4 Å². The number of nitrogens with zero attached hydrogens (tertiary/aromatic N) is 3. The number of esters is 2. The Morgan fingerprint density at radius 2 is 2.15 bits per heavy atom. The summed E-state index contributed by atoms with van der Waals surface area (Å²) in [4.78, 5) is 55.2. The van der Waals surface area contributed by atoms with Crippen molar-refractivity contribution >= 4 is 57.7 Å². The molecule has 0 spiro atoms. The van der Waals surface area contributed by atoms with Gasteiger partial charge in [-0.15, -0.1) is 23.1 Å². The molecule has 2 atom stereocenters. The van der Waals surface area contributed by atoms with E-state index in [-0.39, 0.29) is 16.5 Å². The van der Waals surface area contributed by atoms with Crippen molar-refractivity contribution in [2.45, 2.75) is 37.8 Å². The second kappa shape index (κ2) is 9.85. The van der Waals surface area contributed by atoms with Crippen molar-refractivity contribution in [2.75, 3.05) is 18.1 Å². The molecule has 34 heavy (non-hydrogen) atoms. The molecule has 1 aromatic rings. The standard InChI is InChI=1S/C20H23N5O7S2/c1-5-9-7-33-17-13(23-15(27)12(24-30)10-8-34-19(21)22-10)16(28)25(17)14(9)18(29)31-6-11(26)32-20(2,3)4/h5,8,13,17,30H,1,6-7H2,2-4H3,(H2,21,22)(H,23,27)/t13?,17-/m0/s1. The molecule has 4 N–H and O–H groups in total. The topological polar surface area (TPSA) is 174 Å². The largest absolute Gasteiger partial charge is 0.457 e. The van der Waals surface area contributed by atoms with Gasteiger partial charge in [0, 0.05) is 11.1 Å². The van der Waals surface area contributed by atoms with Crippen LogP contribution in [0.15, 0.2) is 34.5 Å². The van der Waals surface area contributed by atoms with E-state index >= 15 is 0 Å². The Morgan fingerprint density at radius 1 is 1.44 bits per heavy atom. The Hall–Kier alpha value is -3.39. The number of carbonyl (C=O) groups excluding carboxylic acids is 4. The molecule has 2 aliphatic rings. The van der Waals surface area contributed by atoms with E-state index in [0.29, 0.717) is 11.3 Å². The molecule has 1 aromatic heterocycles. The van der Waals surface area contributed by atoms with Crippen LogP contribution in [0.4, 0.5) is 5.13 Å². The first kappa shape index (κ1) is 25.2. The highest BCUT2D eigenvalue weighted by atomic mass is 32.2. The highest BCUT2D eigenvalue weighted by Crippen LogP contribution is 2.41. The minimum atomic E-state index is -0.995. The van der Waals surface area contributed by atoms with Gasteiger partial charge < -0.3 is 25.7 Å². The molecule has 14 heteroatoms. The molecule has 2 aliphatic heterocycles. The Kier molecular flexibility index (Phi) is 7.31. The predicted molar refractivity (Wildman–Crippen MR) is 124 cm³/mol. The van der Waals surface area contributed by atoms with E-state index in [9.17, 15) is 24.4 Å². The number of thioether (sulfide) groups is 1. The van der Waals surface area contributed by atoms with Gasteiger partial charge in [-0.3, -0.25) is 14.5 Å². The summed E-state index contributed by atoms with van der Waals surface area (Å²) < 4.78 is 10.2. The van der Waals surface area contributed by atoms with Crippen molar-refractivity contribution in [3.05, 3.63) is 35.0 Å². The summed E-state index contributed by atoms with van der Waals surface area (Å²) in [6.07, 6.45) is 1.43. The number of aromatic nitrogens is 1. The lowest BCUT2D eigenvalue weighted by atomic mass is 10.0. The van der Waals surface area contributed by atoms with Crippen molar-refractivity contribution < 1.29 is 33.9 Å². The summed E-state index contributed by atoms with van der Waals surface area (Å²) in [5.41, 5.74) is 4.85. The predicted octanol–water partition coefficient (Wildman–Crippen LogP) is 0.629. The summed E-state index contributed by atoms with van der Waals surface area (Å²) >= 11 is 2.35. The van der Waals surface area contributed by atoms with Crippen LogP contribution in [0.2, 0.25) is 0 Å². The molecule has 182 valence electrons. The van der Waals surface area contributed by atoms with E-state index in [0.717, 1.165) is 11.3 Å². The SMILES string of the molecule is C=CC1=C(C(=O)OCC(=O)OC(C)(C)C)N2C(=O)C(NC(=O)C(=NO)c3csc(N)n3)[C@@H]2SC1. The number of nitrogens with one attached hydrogen (secondary N) is 1. The average molecular weight is 510 g/mol. The molecule has 0 bridgehead atoms. The van der Waals surface area contributed by atoms with Crippen LogP contribution in [-0.4, -0.2) is 73.9 Å². The van der Waals surface area contributed by atoms with Crippen LogP contribution in [0.25, 0.3) is 0 Å². The molecule has 0 saturated carbocycles. The van der Waals surface area contributed by atoms with Crippen molar-refractivity contribution in [1.82, 2.24) is 15.2 Å². The first-order valence-corrected chi connectivity index (χ1v) is 11.8. The molecule has 1 saturated heterocycles. The lowest BCUT2D eigenvalue weighted by Crippen LogP contribution is -2.71. The fourth-order valence-electron chi connectivity index (χ4n) is 3.17. The van der Waals surface area contributed by atoms with E-state index in [1.165, 1.54) is 28.1 Å². The van der Waals surface area contributed by atoms with Crippen LogP contribution in [0.3, 0.4) is 0 Å². The number of amides is 2. The van der Waals surface area contributed by atoms with Crippen LogP contribution in [0.1, 0.15) is 26.5 Å². The first-order chi connectivity index (χ1) is 16.0. The highest BCUT2D eigenvalue weighted by Gasteiger charge is 2.54.